The van der Waals surface area contributed by atoms with Crippen LogP contribution in [0.1, 0.15) is 11.1 Å². The fourth-order valence-corrected chi connectivity index (χ4v) is 1.76. The first kappa shape index (κ1) is 12.7. The molecule has 3 heteroatoms. The van der Waals surface area contributed by atoms with Gasteiger partial charge in [0.25, 0.3) is 0 Å². The van der Waals surface area contributed by atoms with Crippen molar-refractivity contribution in [2.24, 2.45) is 0 Å². The van der Waals surface area contributed by atoms with Crippen LogP contribution in [0.5, 0.6) is 5.75 Å². The Morgan fingerprint density at radius 2 is 1.89 bits per heavy atom. The Hall–Kier alpha value is -1.80. The van der Waals surface area contributed by atoms with Gasteiger partial charge in [-0.3, -0.25) is 4.79 Å². The van der Waals surface area contributed by atoms with E-state index in [2.05, 4.69) is 0 Å². The van der Waals surface area contributed by atoms with E-state index in [1.54, 1.807) is 18.2 Å². The summed E-state index contributed by atoms with van der Waals surface area (Å²) in [7, 11) is 0. The fraction of sp³-hybridized carbons (Fsp3) is 0.133. The van der Waals surface area contributed by atoms with E-state index >= 15 is 0 Å². The Bertz CT molecular complexity index is 550. The Kier molecular flexibility index (Phi) is 4.00. The molecule has 0 saturated carbocycles. The van der Waals surface area contributed by atoms with E-state index in [0.717, 1.165) is 11.1 Å². The van der Waals surface area contributed by atoms with E-state index in [0.29, 0.717) is 10.8 Å². The summed E-state index contributed by atoms with van der Waals surface area (Å²) >= 11 is 5.93. The second-order valence-corrected chi connectivity index (χ2v) is 4.45. The zero-order valence-corrected chi connectivity index (χ0v) is 10.8. The van der Waals surface area contributed by atoms with Gasteiger partial charge in [-0.05, 0) is 36.2 Å². The van der Waals surface area contributed by atoms with Crippen LogP contribution in [-0.2, 0) is 11.2 Å². The molecule has 0 aromatic heterocycles. The first-order chi connectivity index (χ1) is 8.65. The SMILES string of the molecule is Cc1cc(CC(=O)Oc2ccccc2)ccc1Cl. The maximum Gasteiger partial charge on any atom is 0.315 e. The van der Waals surface area contributed by atoms with Crippen LogP contribution in [0.3, 0.4) is 0 Å². The molecule has 0 aliphatic rings. The Morgan fingerprint density at radius 3 is 2.56 bits per heavy atom. The average Bonchev–Trinajstić information content (AvgIpc) is 2.35. The first-order valence-corrected chi connectivity index (χ1v) is 6.04. The molecule has 0 amide bonds. The minimum atomic E-state index is -0.275. The van der Waals surface area contributed by atoms with Gasteiger partial charge in [0.05, 0.1) is 6.42 Å². The molecule has 2 aromatic carbocycles. The van der Waals surface area contributed by atoms with Crippen molar-refractivity contribution in [3.05, 3.63) is 64.7 Å². The highest BCUT2D eigenvalue weighted by molar-refractivity contribution is 6.31. The van der Waals surface area contributed by atoms with Gasteiger partial charge in [0, 0.05) is 5.02 Å². The van der Waals surface area contributed by atoms with Gasteiger partial charge in [0.1, 0.15) is 5.75 Å². The Balaban J connectivity index is 2.01. The van der Waals surface area contributed by atoms with Crippen molar-refractivity contribution in [1.29, 1.82) is 0 Å². The number of benzene rings is 2. The van der Waals surface area contributed by atoms with Crippen molar-refractivity contribution in [2.75, 3.05) is 0 Å². The predicted molar refractivity (Wildman–Crippen MR) is 72.0 cm³/mol. The summed E-state index contributed by atoms with van der Waals surface area (Å²) in [4.78, 5) is 11.7. The highest BCUT2D eigenvalue weighted by Crippen LogP contribution is 2.17. The van der Waals surface area contributed by atoms with Gasteiger partial charge >= 0.3 is 5.97 Å². The maximum absolute atomic E-state index is 11.7. The molecule has 0 N–H and O–H groups in total. The van der Waals surface area contributed by atoms with Crippen molar-refractivity contribution in [3.63, 3.8) is 0 Å². The minimum absolute atomic E-state index is 0.243. The molecule has 0 aliphatic heterocycles. The number of ether oxygens (including phenoxy) is 1. The zero-order valence-electron chi connectivity index (χ0n) is 10.0. The van der Waals surface area contributed by atoms with E-state index < -0.39 is 0 Å². The smallest absolute Gasteiger partial charge is 0.315 e. The Morgan fingerprint density at radius 1 is 1.17 bits per heavy atom. The summed E-state index contributed by atoms with van der Waals surface area (Å²) in [5.41, 5.74) is 1.86. The molecule has 0 bridgehead atoms. The van der Waals surface area contributed by atoms with Gasteiger partial charge in [0.2, 0.25) is 0 Å². The highest BCUT2D eigenvalue weighted by atomic mass is 35.5. The summed E-state index contributed by atoms with van der Waals surface area (Å²) in [6.45, 7) is 1.91. The zero-order chi connectivity index (χ0) is 13.0. The van der Waals surface area contributed by atoms with Crippen LogP contribution in [-0.4, -0.2) is 5.97 Å². The van der Waals surface area contributed by atoms with Crippen molar-refractivity contribution in [2.45, 2.75) is 13.3 Å². The van der Waals surface area contributed by atoms with Gasteiger partial charge < -0.3 is 4.74 Å². The van der Waals surface area contributed by atoms with Gasteiger partial charge in [-0.2, -0.15) is 0 Å². The van der Waals surface area contributed by atoms with Crippen LogP contribution in [0.25, 0.3) is 0 Å². The van der Waals surface area contributed by atoms with E-state index in [4.69, 9.17) is 16.3 Å². The van der Waals surface area contributed by atoms with Gasteiger partial charge in [-0.15, -0.1) is 0 Å². The van der Waals surface area contributed by atoms with Crippen LogP contribution in [0.2, 0.25) is 5.02 Å². The summed E-state index contributed by atoms with van der Waals surface area (Å²) in [6.07, 6.45) is 0.243. The fourth-order valence-electron chi connectivity index (χ4n) is 1.64. The largest absolute Gasteiger partial charge is 0.426 e. The summed E-state index contributed by atoms with van der Waals surface area (Å²) in [5.74, 6) is 0.288. The number of aryl methyl sites for hydroxylation is 1. The second-order valence-electron chi connectivity index (χ2n) is 4.05. The van der Waals surface area contributed by atoms with Crippen LogP contribution >= 0.6 is 11.6 Å². The first-order valence-electron chi connectivity index (χ1n) is 5.66. The number of para-hydroxylation sites is 1. The molecular formula is C15H13ClO2. The van der Waals surface area contributed by atoms with Crippen molar-refractivity contribution < 1.29 is 9.53 Å². The summed E-state index contributed by atoms with van der Waals surface area (Å²) < 4.78 is 5.22. The standard InChI is InChI=1S/C15H13ClO2/c1-11-9-12(7-8-14(11)16)10-15(17)18-13-5-3-2-4-6-13/h2-9H,10H2,1H3. The molecule has 0 atom stereocenters. The number of rotatable bonds is 3. The topological polar surface area (TPSA) is 26.3 Å². The van der Waals surface area contributed by atoms with Crippen LogP contribution < -0.4 is 4.74 Å². The molecule has 18 heavy (non-hydrogen) atoms. The van der Waals surface area contributed by atoms with E-state index in [-0.39, 0.29) is 12.4 Å². The molecule has 2 aromatic rings. The molecular weight excluding hydrogens is 248 g/mol. The number of hydrogen-bond donors (Lipinski definition) is 0. The molecule has 0 spiro atoms. The lowest BCUT2D eigenvalue weighted by Gasteiger charge is -2.05. The summed E-state index contributed by atoms with van der Waals surface area (Å²) in [6, 6.07) is 14.6. The van der Waals surface area contributed by atoms with Crippen LogP contribution in [0.15, 0.2) is 48.5 Å². The average molecular weight is 261 g/mol. The normalized spacial score (nSPS) is 10.1. The molecule has 2 rings (SSSR count). The molecule has 0 saturated heterocycles. The Labute approximate surface area is 111 Å². The highest BCUT2D eigenvalue weighted by Gasteiger charge is 2.07. The number of esters is 1. The molecule has 0 fully saturated rings. The lowest BCUT2D eigenvalue weighted by molar-refractivity contribution is -0.133. The van der Waals surface area contributed by atoms with Gasteiger partial charge in [-0.25, -0.2) is 0 Å². The monoisotopic (exact) mass is 260 g/mol. The van der Waals surface area contributed by atoms with Crippen molar-refractivity contribution >= 4 is 17.6 Å². The molecule has 92 valence electrons. The van der Waals surface area contributed by atoms with Crippen molar-refractivity contribution in [3.8, 4) is 5.75 Å². The maximum atomic E-state index is 11.7. The molecule has 0 aliphatic carbocycles. The third-order valence-corrected chi connectivity index (χ3v) is 2.97. The minimum Gasteiger partial charge on any atom is -0.426 e. The van der Waals surface area contributed by atoms with Gasteiger partial charge in [-0.1, -0.05) is 41.9 Å². The second kappa shape index (κ2) is 5.69. The third-order valence-electron chi connectivity index (χ3n) is 2.55. The third kappa shape index (κ3) is 3.34. The molecule has 0 unspecified atom stereocenters. The van der Waals surface area contributed by atoms with E-state index in [1.165, 1.54) is 0 Å². The predicted octanol–water partition coefficient (Wildman–Crippen LogP) is 3.80. The molecule has 0 heterocycles. The lowest BCUT2D eigenvalue weighted by atomic mass is 10.1. The van der Waals surface area contributed by atoms with E-state index in [9.17, 15) is 4.79 Å². The molecule has 2 nitrogen and oxygen atoms in total. The van der Waals surface area contributed by atoms with Crippen LogP contribution in [0.4, 0.5) is 0 Å². The number of carbonyl (C=O) groups excluding carboxylic acids is 1. The lowest BCUT2D eigenvalue weighted by Crippen LogP contribution is -2.11. The van der Waals surface area contributed by atoms with Crippen LogP contribution in [0, 0.1) is 6.92 Å². The summed E-state index contributed by atoms with van der Waals surface area (Å²) in [5, 5.41) is 0.704. The quantitative estimate of drug-likeness (QED) is 0.620. The number of carbonyl (C=O) groups is 1. The van der Waals surface area contributed by atoms with Gasteiger partial charge in [0.15, 0.2) is 0 Å². The van der Waals surface area contributed by atoms with E-state index in [1.807, 2.05) is 37.3 Å². The molecule has 0 radical (unpaired) electrons. The van der Waals surface area contributed by atoms with Crippen molar-refractivity contribution in [1.82, 2.24) is 0 Å². The number of hydrogen-bond acceptors (Lipinski definition) is 2. The number of halogens is 1.